The van der Waals surface area contributed by atoms with Gasteiger partial charge in [-0.2, -0.15) is 0 Å². The van der Waals surface area contributed by atoms with E-state index in [1.54, 1.807) is 7.11 Å². The van der Waals surface area contributed by atoms with Gasteiger partial charge in [0.25, 0.3) is 0 Å². The topological polar surface area (TPSA) is 26.3 Å². The molecule has 88 valence electrons. The number of ether oxygens (including phenoxy) is 1. The van der Waals surface area contributed by atoms with E-state index in [1.165, 1.54) is 0 Å². The summed E-state index contributed by atoms with van der Waals surface area (Å²) in [5.41, 5.74) is 0.728. The van der Waals surface area contributed by atoms with Gasteiger partial charge in [0.15, 0.2) is 5.78 Å². The molecule has 0 amide bonds. The van der Waals surface area contributed by atoms with Gasteiger partial charge in [-0.15, -0.1) is 0 Å². The molecule has 1 unspecified atom stereocenters. The first-order valence-corrected chi connectivity index (χ1v) is 6.30. The molecule has 2 aromatic carbocycles. The molecule has 0 radical (unpaired) electrons. The SMILES string of the molecule is COc1ccc(C(=O)C(C)Br)c2ccccc12. The molecule has 0 fully saturated rings. The van der Waals surface area contributed by atoms with E-state index in [9.17, 15) is 4.79 Å². The summed E-state index contributed by atoms with van der Waals surface area (Å²) in [4.78, 5) is 11.9. The van der Waals surface area contributed by atoms with E-state index in [4.69, 9.17) is 4.74 Å². The minimum absolute atomic E-state index is 0.0869. The minimum Gasteiger partial charge on any atom is -0.496 e. The van der Waals surface area contributed by atoms with Gasteiger partial charge < -0.3 is 4.74 Å². The van der Waals surface area contributed by atoms with Gasteiger partial charge in [-0.1, -0.05) is 40.2 Å². The van der Waals surface area contributed by atoms with E-state index in [1.807, 2.05) is 43.3 Å². The Morgan fingerprint density at radius 2 is 1.82 bits per heavy atom. The summed E-state index contributed by atoms with van der Waals surface area (Å²) >= 11 is 3.32. The van der Waals surface area contributed by atoms with Gasteiger partial charge in [-0.05, 0) is 24.4 Å². The molecular weight excluding hydrogens is 280 g/mol. The van der Waals surface area contributed by atoms with Crippen LogP contribution in [0.15, 0.2) is 36.4 Å². The summed E-state index contributed by atoms with van der Waals surface area (Å²) in [7, 11) is 1.64. The van der Waals surface area contributed by atoms with Crippen LogP contribution in [0, 0.1) is 0 Å². The maximum Gasteiger partial charge on any atom is 0.176 e. The van der Waals surface area contributed by atoms with E-state index < -0.39 is 0 Å². The normalized spacial score (nSPS) is 12.4. The Kier molecular flexibility index (Phi) is 3.48. The van der Waals surface area contributed by atoms with Crippen molar-refractivity contribution < 1.29 is 9.53 Å². The van der Waals surface area contributed by atoms with Crippen molar-refractivity contribution in [2.45, 2.75) is 11.8 Å². The first-order valence-electron chi connectivity index (χ1n) is 5.39. The van der Waals surface area contributed by atoms with E-state index >= 15 is 0 Å². The first kappa shape index (κ1) is 12.1. The number of Topliss-reactive ketones (excluding diaryl/α,β-unsaturated/α-hetero) is 1. The van der Waals surface area contributed by atoms with Crippen molar-refractivity contribution in [2.24, 2.45) is 0 Å². The smallest absolute Gasteiger partial charge is 0.176 e. The van der Waals surface area contributed by atoms with Gasteiger partial charge >= 0.3 is 0 Å². The third kappa shape index (κ3) is 2.20. The number of methoxy groups -OCH3 is 1. The maximum absolute atomic E-state index is 12.1. The fraction of sp³-hybridized carbons (Fsp3) is 0.214. The molecule has 0 heterocycles. The quantitative estimate of drug-likeness (QED) is 0.635. The zero-order valence-corrected chi connectivity index (χ0v) is 11.3. The fourth-order valence-corrected chi connectivity index (χ4v) is 2.13. The second-order valence-corrected chi connectivity index (χ2v) is 5.21. The lowest BCUT2D eigenvalue weighted by Crippen LogP contribution is -2.10. The lowest BCUT2D eigenvalue weighted by molar-refractivity contribution is 0.0997. The number of alkyl halides is 1. The average molecular weight is 293 g/mol. The predicted octanol–water partition coefficient (Wildman–Crippen LogP) is 3.81. The highest BCUT2D eigenvalue weighted by molar-refractivity contribution is 9.10. The van der Waals surface area contributed by atoms with E-state index in [0.29, 0.717) is 0 Å². The number of ketones is 1. The molecule has 3 heteroatoms. The third-order valence-electron chi connectivity index (χ3n) is 2.73. The van der Waals surface area contributed by atoms with Crippen molar-refractivity contribution in [2.75, 3.05) is 7.11 Å². The molecule has 2 aromatic rings. The number of carbonyl (C=O) groups is 1. The first-order chi connectivity index (χ1) is 8.15. The van der Waals surface area contributed by atoms with Crippen LogP contribution >= 0.6 is 15.9 Å². The summed E-state index contributed by atoms with van der Waals surface area (Å²) in [6.45, 7) is 1.83. The summed E-state index contributed by atoms with van der Waals surface area (Å²) in [5, 5.41) is 1.90. The molecule has 0 aliphatic heterocycles. The highest BCUT2D eigenvalue weighted by Gasteiger charge is 2.16. The third-order valence-corrected chi connectivity index (χ3v) is 3.15. The molecule has 0 saturated carbocycles. The van der Waals surface area contributed by atoms with Crippen LogP contribution in [0.25, 0.3) is 10.8 Å². The number of halogens is 1. The van der Waals surface area contributed by atoms with Crippen LogP contribution in [0.4, 0.5) is 0 Å². The Labute approximate surface area is 109 Å². The number of benzene rings is 2. The lowest BCUT2D eigenvalue weighted by atomic mass is 9.99. The average Bonchev–Trinajstić information content (AvgIpc) is 2.36. The second-order valence-electron chi connectivity index (χ2n) is 3.84. The predicted molar refractivity (Wildman–Crippen MR) is 73.2 cm³/mol. The van der Waals surface area contributed by atoms with Crippen molar-refractivity contribution in [3.05, 3.63) is 42.0 Å². The van der Waals surface area contributed by atoms with Crippen LogP contribution in [0.2, 0.25) is 0 Å². The Hall–Kier alpha value is -1.35. The highest BCUT2D eigenvalue weighted by atomic mass is 79.9. The zero-order valence-electron chi connectivity index (χ0n) is 9.74. The van der Waals surface area contributed by atoms with Gasteiger partial charge in [0.05, 0.1) is 11.9 Å². The standard InChI is InChI=1S/C14H13BrO2/c1-9(15)14(16)12-7-8-13(17-2)11-6-4-3-5-10(11)12/h3-9H,1-2H3. The molecule has 0 aromatic heterocycles. The molecule has 0 spiro atoms. The van der Waals surface area contributed by atoms with E-state index in [-0.39, 0.29) is 10.6 Å². The summed E-state index contributed by atoms with van der Waals surface area (Å²) in [6, 6.07) is 11.4. The van der Waals surface area contributed by atoms with Gasteiger partial charge in [-0.3, -0.25) is 4.79 Å². The highest BCUT2D eigenvalue weighted by Crippen LogP contribution is 2.29. The molecule has 2 rings (SSSR count). The van der Waals surface area contributed by atoms with Crippen LogP contribution in [0.1, 0.15) is 17.3 Å². The molecule has 0 N–H and O–H groups in total. The van der Waals surface area contributed by atoms with Gasteiger partial charge in [0, 0.05) is 10.9 Å². The maximum atomic E-state index is 12.1. The molecular formula is C14H13BrO2. The molecule has 0 bridgehead atoms. The van der Waals surface area contributed by atoms with Crippen LogP contribution < -0.4 is 4.74 Å². The van der Waals surface area contributed by atoms with Crippen molar-refractivity contribution in [1.82, 2.24) is 0 Å². The number of carbonyl (C=O) groups excluding carboxylic acids is 1. The monoisotopic (exact) mass is 292 g/mol. The van der Waals surface area contributed by atoms with Gasteiger partial charge in [-0.25, -0.2) is 0 Å². The van der Waals surface area contributed by atoms with Gasteiger partial charge in [0.1, 0.15) is 5.75 Å². The zero-order chi connectivity index (χ0) is 12.4. The molecule has 0 aliphatic carbocycles. The Morgan fingerprint density at radius 3 is 2.41 bits per heavy atom. The minimum atomic E-state index is -0.181. The molecule has 1 atom stereocenters. The fourth-order valence-electron chi connectivity index (χ4n) is 1.88. The van der Waals surface area contributed by atoms with E-state index in [0.717, 1.165) is 22.1 Å². The number of hydrogen-bond donors (Lipinski definition) is 0. The van der Waals surface area contributed by atoms with Crippen molar-refractivity contribution >= 4 is 32.5 Å². The van der Waals surface area contributed by atoms with E-state index in [2.05, 4.69) is 15.9 Å². The van der Waals surface area contributed by atoms with Crippen molar-refractivity contribution in [1.29, 1.82) is 0 Å². The molecule has 0 saturated heterocycles. The van der Waals surface area contributed by atoms with Crippen LogP contribution in [0.3, 0.4) is 0 Å². The Morgan fingerprint density at radius 1 is 1.18 bits per heavy atom. The number of hydrogen-bond acceptors (Lipinski definition) is 2. The molecule has 0 aliphatic rings. The van der Waals surface area contributed by atoms with Gasteiger partial charge in [0.2, 0.25) is 0 Å². The van der Waals surface area contributed by atoms with Crippen LogP contribution in [-0.2, 0) is 0 Å². The summed E-state index contributed by atoms with van der Waals surface area (Å²) < 4.78 is 5.30. The Balaban J connectivity index is 2.71. The largest absolute Gasteiger partial charge is 0.496 e. The number of rotatable bonds is 3. The van der Waals surface area contributed by atoms with Crippen LogP contribution in [0.5, 0.6) is 5.75 Å². The molecule has 17 heavy (non-hydrogen) atoms. The Bertz CT molecular complexity index is 561. The summed E-state index contributed by atoms with van der Waals surface area (Å²) in [6.07, 6.45) is 0. The lowest BCUT2D eigenvalue weighted by Gasteiger charge is -2.10. The summed E-state index contributed by atoms with van der Waals surface area (Å²) in [5.74, 6) is 0.878. The van der Waals surface area contributed by atoms with Crippen molar-refractivity contribution in [3.63, 3.8) is 0 Å². The molecule has 2 nitrogen and oxygen atoms in total. The number of fused-ring (bicyclic) bond motifs is 1. The second kappa shape index (κ2) is 4.88. The van der Waals surface area contributed by atoms with Crippen LogP contribution in [-0.4, -0.2) is 17.7 Å². The van der Waals surface area contributed by atoms with Crippen molar-refractivity contribution in [3.8, 4) is 5.75 Å².